The van der Waals surface area contributed by atoms with E-state index >= 15 is 0 Å². The van der Waals surface area contributed by atoms with Gasteiger partial charge in [0.1, 0.15) is 0 Å². The number of carbonyl (C=O) groups is 1. The van der Waals surface area contributed by atoms with Crippen LogP contribution < -0.4 is 0 Å². The van der Waals surface area contributed by atoms with E-state index in [1.807, 2.05) is 4.90 Å². The third kappa shape index (κ3) is 4.25. The molecule has 7 nitrogen and oxygen atoms in total. The Kier molecular flexibility index (Phi) is 5.96. The summed E-state index contributed by atoms with van der Waals surface area (Å²) in [7, 11) is -0.492. The highest BCUT2D eigenvalue weighted by Gasteiger charge is 2.26. The maximum absolute atomic E-state index is 12.7. The van der Waals surface area contributed by atoms with E-state index in [1.54, 1.807) is 12.1 Å². The fourth-order valence-electron chi connectivity index (χ4n) is 3.37. The Hall–Kier alpha value is -1.48. The first-order valence-corrected chi connectivity index (χ1v) is 10.5. The molecule has 0 aliphatic carbocycles. The van der Waals surface area contributed by atoms with Gasteiger partial charge in [0.2, 0.25) is 10.0 Å². The van der Waals surface area contributed by atoms with Crippen molar-refractivity contribution in [3.8, 4) is 0 Å². The van der Waals surface area contributed by atoms with Crippen molar-refractivity contribution in [3.63, 3.8) is 0 Å². The van der Waals surface area contributed by atoms with Gasteiger partial charge >= 0.3 is 0 Å². The average Bonchev–Trinajstić information content (AvgIpc) is 3.15. The molecule has 0 saturated carbocycles. The molecule has 8 heteroatoms. The van der Waals surface area contributed by atoms with E-state index in [0.717, 1.165) is 43.4 Å². The van der Waals surface area contributed by atoms with Gasteiger partial charge in [-0.1, -0.05) is 0 Å². The summed E-state index contributed by atoms with van der Waals surface area (Å²) in [5.74, 6) is -0.0458. The normalized spacial score (nSPS) is 22.1. The van der Waals surface area contributed by atoms with E-state index < -0.39 is 10.0 Å². The lowest BCUT2D eigenvalue weighted by atomic mass is 10.1. The lowest BCUT2D eigenvalue weighted by Gasteiger charge is -2.35. The SMILES string of the molecule is CN(C)S(=O)(=O)c1ccc(C(=O)N2CCN(CC3CCCO3)CC2)cc1. The van der Waals surface area contributed by atoms with E-state index in [4.69, 9.17) is 4.74 Å². The zero-order chi connectivity index (χ0) is 18.7. The van der Waals surface area contributed by atoms with Crippen molar-refractivity contribution in [1.29, 1.82) is 0 Å². The van der Waals surface area contributed by atoms with Gasteiger partial charge in [0.15, 0.2) is 0 Å². The topological polar surface area (TPSA) is 70.2 Å². The van der Waals surface area contributed by atoms with Gasteiger partial charge in [-0.15, -0.1) is 0 Å². The number of sulfonamides is 1. The second-order valence-corrected chi connectivity index (χ2v) is 9.19. The summed E-state index contributed by atoms with van der Waals surface area (Å²) in [6, 6.07) is 6.18. The summed E-state index contributed by atoms with van der Waals surface area (Å²) < 4.78 is 31.1. The van der Waals surface area contributed by atoms with Crippen molar-refractivity contribution in [2.75, 3.05) is 53.4 Å². The van der Waals surface area contributed by atoms with E-state index in [-0.39, 0.29) is 10.8 Å². The molecule has 1 aromatic rings. The second kappa shape index (κ2) is 8.04. The first-order chi connectivity index (χ1) is 12.4. The second-order valence-electron chi connectivity index (χ2n) is 7.04. The molecule has 0 spiro atoms. The van der Waals surface area contributed by atoms with Gasteiger partial charge in [-0.05, 0) is 37.1 Å². The van der Waals surface area contributed by atoms with Crippen LogP contribution in [0.1, 0.15) is 23.2 Å². The Morgan fingerprint density at radius 2 is 1.81 bits per heavy atom. The lowest BCUT2D eigenvalue weighted by Crippen LogP contribution is -2.50. The molecule has 2 aliphatic heterocycles. The third-order valence-electron chi connectivity index (χ3n) is 5.03. The fraction of sp³-hybridized carbons (Fsp3) is 0.611. The molecule has 2 fully saturated rings. The number of hydrogen-bond donors (Lipinski definition) is 0. The highest BCUT2D eigenvalue weighted by atomic mass is 32.2. The quantitative estimate of drug-likeness (QED) is 0.757. The average molecular weight is 381 g/mol. The van der Waals surface area contributed by atoms with Crippen molar-refractivity contribution in [2.45, 2.75) is 23.8 Å². The van der Waals surface area contributed by atoms with Crippen molar-refractivity contribution < 1.29 is 17.9 Å². The lowest BCUT2D eigenvalue weighted by molar-refractivity contribution is 0.0432. The summed E-state index contributed by atoms with van der Waals surface area (Å²) in [6.45, 7) is 4.87. The number of carbonyl (C=O) groups excluding carboxylic acids is 1. The van der Waals surface area contributed by atoms with Gasteiger partial charge in [0.05, 0.1) is 11.0 Å². The summed E-state index contributed by atoms with van der Waals surface area (Å²) in [5.41, 5.74) is 0.523. The zero-order valence-electron chi connectivity index (χ0n) is 15.4. The van der Waals surface area contributed by atoms with E-state index in [9.17, 15) is 13.2 Å². The first-order valence-electron chi connectivity index (χ1n) is 9.04. The van der Waals surface area contributed by atoms with Crippen LogP contribution in [-0.2, 0) is 14.8 Å². The van der Waals surface area contributed by atoms with Crippen LogP contribution in [0.3, 0.4) is 0 Å². The number of ether oxygens (including phenoxy) is 1. The van der Waals surface area contributed by atoms with Crippen LogP contribution in [0, 0.1) is 0 Å². The monoisotopic (exact) mass is 381 g/mol. The van der Waals surface area contributed by atoms with Crippen LogP contribution in [0.5, 0.6) is 0 Å². The van der Waals surface area contributed by atoms with Crippen LogP contribution in [0.25, 0.3) is 0 Å². The van der Waals surface area contributed by atoms with E-state index in [1.165, 1.54) is 26.2 Å². The van der Waals surface area contributed by atoms with Crippen LogP contribution >= 0.6 is 0 Å². The molecule has 3 rings (SSSR count). The number of hydrogen-bond acceptors (Lipinski definition) is 5. The molecule has 0 bridgehead atoms. The minimum atomic E-state index is -3.47. The van der Waals surface area contributed by atoms with Gasteiger partial charge in [0, 0.05) is 59.0 Å². The molecule has 0 N–H and O–H groups in total. The predicted molar refractivity (Wildman–Crippen MR) is 98.6 cm³/mol. The largest absolute Gasteiger partial charge is 0.377 e. The minimum Gasteiger partial charge on any atom is -0.377 e. The Morgan fingerprint density at radius 1 is 1.15 bits per heavy atom. The highest BCUT2D eigenvalue weighted by Crippen LogP contribution is 2.17. The number of nitrogens with zero attached hydrogens (tertiary/aromatic N) is 3. The van der Waals surface area contributed by atoms with Crippen LogP contribution in [0.4, 0.5) is 0 Å². The molecule has 26 heavy (non-hydrogen) atoms. The number of amides is 1. The van der Waals surface area contributed by atoms with Crippen molar-refractivity contribution in [2.24, 2.45) is 0 Å². The summed E-state index contributed by atoms with van der Waals surface area (Å²) in [5, 5.41) is 0. The van der Waals surface area contributed by atoms with Gasteiger partial charge < -0.3 is 9.64 Å². The number of piperazine rings is 1. The molecule has 2 heterocycles. The predicted octanol–water partition coefficient (Wildman–Crippen LogP) is 0.874. The van der Waals surface area contributed by atoms with Crippen molar-refractivity contribution >= 4 is 15.9 Å². The number of rotatable bonds is 5. The smallest absolute Gasteiger partial charge is 0.253 e. The van der Waals surface area contributed by atoms with Gasteiger partial charge in [-0.25, -0.2) is 12.7 Å². The van der Waals surface area contributed by atoms with Crippen LogP contribution in [-0.4, -0.2) is 88.0 Å². The Labute approximate surface area is 155 Å². The molecule has 0 radical (unpaired) electrons. The Morgan fingerprint density at radius 3 is 2.35 bits per heavy atom. The minimum absolute atomic E-state index is 0.0458. The standard InChI is InChI=1S/C18H27N3O4S/c1-19(2)26(23,24)17-7-5-15(6-8-17)18(22)21-11-9-20(10-12-21)14-16-4-3-13-25-16/h5-8,16H,3-4,9-14H2,1-2H3. The zero-order valence-corrected chi connectivity index (χ0v) is 16.2. The maximum Gasteiger partial charge on any atom is 0.253 e. The molecule has 1 unspecified atom stereocenters. The molecule has 1 atom stereocenters. The van der Waals surface area contributed by atoms with Crippen molar-refractivity contribution in [3.05, 3.63) is 29.8 Å². The molecule has 1 amide bonds. The van der Waals surface area contributed by atoms with Gasteiger partial charge in [-0.2, -0.15) is 0 Å². The molecule has 1 aromatic carbocycles. The summed E-state index contributed by atoms with van der Waals surface area (Å²) >= 11 is 0. The van der Waals surface area contributed by atoms with Crippen LogP contribution in [0.15, 0.2) is 29.2 Å². The molecular formula is C18H27N3O4S. The molecule has 144 valence electrons. The maximum atomic E-state index is 12.7. The Balaban J connectivity index is 1.56. The Bertz CT molecular complexity index is 719. The van der Waals surface area contributed by atoms with Crippen molar-refractivity contribution in [1.82, 2.24) is 14.1 Å². The summed E-state index contributed by atoms with van der Waals surface area (Å²) in [6.07, 6.45) is 2.60. The highest BCUT2D eigenvalue weighted by molar-refractivity contribution is 7.89. The summed E-state index contributed by atoms with van der Waals surface area (Å²) in [4.78, 5) is 17.1. The van der Waals surface area contributed by atoms with Gasteiger partial charge in [-0.3, -0.25) is 9.69 Å². The fourth-order valence-corrected chi connectivity index (χ4v) is 4.27. The van der Waals surface area contributed by atoms with E-state index in [0.29, 0.717) is 24.8 Å². The number of benzene rings is 1. The molecule has 2 saturated heterocycles. The molecule has 0 aromatic heterocycles. The van der Waals surface area contributed by atoms with Gasteiger partial charge in [0.25, 0.3) is 5.91 Å². The van der Waals surface area contributed by atoms with Crippen LogP contribution in [0.2, 0.25) is 0 Å². The van der Waals surface area contributed by atoms with E-state index in [2.05, 4.69) is 4.90 Å². The molecule has 2 aliphatic rings. The third-order valence-corrected chi connectivity index (χ3v) is 6.85. The first kappa shape index (κ1) is 19.3. The molecular weight excluding hydrogens is 354 g/mol.